The van der Waals surface area contributed by atoms with Gasteiger partial charge in [-0.2, -0.15) is 4.98 Å². The highest BCUT2D eigenvalue weighted by Gasteiger charge is 2.25. The number of hydrogen-bond acceptors (Lipinski definition) is 7. The fraction of sp³-hybridized carbons (Fsp3) is 0.692. The van der Waals surface area contributed by atoms with Gasteiger partial charge in [0.25, 0.3) is 0 Å². The summed E-state index contributed by atoms with van der Waals surface area (Å²) in [6.45, 7) is 7.91. The number of hydrogen-bond donors (Lipinski definition) is 3. The molecule has 1 atom stereocenters. The highest BCUT2D eigenvalue weighted by atomic mass is 16.6. The summed E-state index contributed by atoms with van der Waals surface area (Å²) in [6.07, 6.45) is 1.42. The van der Waals surface area contributed by atoms with Crippen molar-refractivity contribution in [2.45, 2.75) is 46.1 Å². The van der Waals surface area contributed by atoms with Gasteiger partial charge in [-0.05, 0) is 27.2 Å². The number of aromatic nitrogens is 2. The number of anilines is 2. The lowest BCUT2D eigenvalue weighted by Gasteiger charge is -2.23. The molecule has 1 unspecified atom stereocenters. The van der Waals surface area contributed by atoms with Crippen molar-refractivity contribution in [1.82, 2.24) is 9.97 Å². The van der Waals surface area contributed by atoms with E-state index in [4.69, 9.17) is 0 Å². The third-order valence-electron chi connectivity index (χ3n) is 3.00. The molecule has 8 heteroatoms. The quantitative estimate of drug-likeness (QED) is 0.497. The summed E-state index contributed by atoms with van der Waals surface area (Å²) in [7, 11) is 0. The molecule has 0 aliphatic heterocycles. The second kappa shape index (κ2) is 7.16. The molecule has 118 valence electrons. The first-order chi connectivity index (χ1) is 9.80. The molecule has 0 spiro atoms. The summed E-state index contributed by atoms with van der Waals surface area (Å²) >= 11 is 0. The molecule has 0 fully saturated rings. The maximum atomic E-state index is 11.2. The summed E-state index contributed by atoms with van der Waals surface area (Å²) < 4.78 is 0. The Kier molecular flexibility index (Phi) is 5.83. The van der Waals surface area contributed by atoms with Gasteiger partial charge in [-0.15, -0.1) is 0 Å². The topological polar surface area (TPSA) is 113 Å². The summed E-state index contributed by atoms with van der Waals surface area (Å²) in [5.41, 5.74) is -0.827. The summed E-state index contributed by atoms with van der Waals surface area (Å²) in [6, 6.07) is 0. The first-order valence-electron chi connectivity index (χ1n) is 7.04. The van der Waals surface area contributed by atoms with Gasteiger partial charge in [-0.3, -0.25) is 10.1 Å². The van der Waals surface area contributed by atoms with Crippen molar-refractivity contribution in [3.8, 4) is 0 Å². The molecule has 0 amide bonds. The molecule has 1 heterocycles. The van der Waals surface area contributed by atoms with Crippen LogP contribution in [0.25, 0.3) is 0 Å². The first-order valence-corrected chi connectivity index (χ1v) is 7.04. The SMILES string of the molecule is CCCC(C)(O)CNc1nc(NCC)nc(C)c1[N+](=O)[O-]. The van der Waals surface area contributed by atoms with Gasteiger partial charge in [0.05, 0.1) is 10.5 Å². The fourth-order valence-corrected chi connectivity index (χ4v) is 2.05. The molecule has 3 N–H and O–H groups in total. The van der Waals surface area contributed by atoms with Crippen LogP contribution in [0.5, 0.6) is 0 Å². The largest absolute Gasteiger partial charge is 0.388 e. The van der Waals surface area contributed by atoms with Crippen LogP contribution in [-0.2, 0) is 0 Å². The Morgan fingerprint density at radius 3 is 2.52 bits per heavy atom. The van der Waals surface area contributed by atoms with Crippen molar-refractivity contribution < 1.29 is 10.0 Å². The maximum Gasteiger partial charge on any atom is 0.332 e. The van der Waals surface area contributed by atoms with Gasteiger partial charge in [-0.1, -0.05) is 13.3 Å². The van der Waals surface area contributed by atoms with Crippen molar-refractivity contribution >= 4 is 17.5 Å². The average molecular weight is 297 g/mol. The highest BCUT2D eigenvalue weighted by molar-refractivity contribution is 5.60. The molecule has 0 aromatic carbocycles. The van der Waals surface area contributed by atoms with Gasteiger partial charge in [-0.25, -0.2) is 4.98 Å². The molecule has 0 saturated carbocycles. The Balaban J connectivity index is 3.04. The van der Waals surface area contributed by atoms with Crippen molar-refractivity contribution in [3.05, 3.63) is 15.8 Å². The van der Waals surface area contributed by atoms with Crippen molar-refractivity contribution in [2.75, 3.05) is 23.7 Å². The number of aliphatic hydroxyl groups is 1. The standard InChI is InChI=1S/C13H23N5O3/c1-5-7-13(4,19)8-15-11-10(18(20)21)9(3)16-12(17-11)14-6-2/h19H,5-8H2,1-4H3,(H2,14,15,16,17). The van der Waals surface area contributed by atoms with E-state index in [1.54, 1.807) is 13.8 Å². The predicted octanol–water partition coefficient (Wildman–Crippen LogP) is 2.09. The molecule has 1 aromatic heterocycles. The smallest absolute Gasteiger partial charge is 0.332 e. The molecule has 0 bridgehead atoms. The summed E-state index contributed by atoms with van der Waals surface area (Å²) in [4.78, 5) is 18.8. The minimum absolute atomic E-state index is 0.125. The van der Waals surface area contributed by atoms with Crippen LogP contribution < -0.4 is 10.6 Å². The number of aryl methyl sites for hydroxylation is 1. The normalized spacial score (nSPS) is 13.6. The van der Waals surface area contributed by atoms with Crippen LogP contribution in [0.3, 0.4) is 0 Å². The fourth-order valence-electron chi connectivity index (χ4n) is 2.05. The molecule has 0 aliphatic carbocycles. The van der Waals surface area contributed by atoms with Gasteiger partial charge >= 0.3 is 5.69 Å². The van der Waals surface area contributed by atoms with Gasteiger partial charge in [0, 0.05) is 13.1 Å². The third kappa shape index (κ3) is 4.82. The number of nitro groups is 1. The second-order valence-electron chi connectivity index (χ2n) is 5.22. The van der Waals surface area contributed by atoms with Crippen LogP contribution in [0, 0.1) is 17.0 Å². The van der Waals surface area contributed by atoms with E-state index < -0.39 is 10.5 Å². The monoisotopic (exact) mass is 297 g/mol. The van der Waals surface area contributed by atoms with E-state index in [1.165, 1.54) is 0 Å². The first kappa shape index (κ1) is 17.1. The molecular formula is C13H23N5O3. The van der Waals surface area contributed by atoms with Crippen LogP contribution in [-0.4, -0.2) is 38.7 Å². The zero-order chi connectivity index (χ0) is 16.0. The average Bonchev–Trinajstić information content (AvgIpc) is 2.35. The maximum absolute atomic E-state index is 11.2. The molecule has 1 rings (SSSR count). The van der Waals surface area contributed by atoms with E-state index >= 15 is 0 Å². The number of rotatable bonds is 8. The molecule has 1 aromatic rings. The molecule has 0 aliphatic rings. The Morgan fingerprint density at radius 1 is 1.33 bits per heavy atom. The van der Waals surface area contributed by atoms with Crippen LogP contribution in [0.2, 0.25) is 0 Å². The third-order valence-corrected chi connectivity index (χ3v) is 3.00. The Labute approximate surface area is 124 Å². The lowest BCUT2D eigenvalue weighted by molar-refractivity contribution is -0.385. The zero-order valence-electron chi connectivity index (χ0n) is 12.9. The molecule has 8 nitrogen and oxygen atoms in total. The van der Waals surface area contributed by atoms with Gasteiger partial charge in [0.15, 0.2) is 0 Å². The second-order valence-corrected chi connectivity index (χ2v) is 5.22. The minimum atomic E-state index is -0.945. The van der Waals surface area contributed by atoms with E-state index in [-0.39, 0.29) is 23.7 Å². The zero-order valence-corrected chi connectivity index (χ0v) is 12.9. The summed E-state index contributed by atoms with van der Waals surface area (Å²) in [5, 5.41) is 27.1. The Morgan fingerprint density at radius 2 is 2.00 bits per heavy atom. The van der Waals surface area contributed by atoms with Crippen LogP contribution in [0.4, 0.5) is 17.5 Å². The van der Waals surface area contributed by atoms with Gasteiger partial charge in [0.1, 0.15) is 5.69 Å². The Hall–Kier alpha value is -1.96. The van der Waals surface area contributed by atoms with Crippen LogP contribution in [0.1, 0.15) is 39.3 Å². The van der Waals surface area contributed by atoms with E-state index in [9.17, 15) is 15.2 Å². The van der Waals surface area contributed by atoms with Crippen molar-refractivity contribution in [3.63, 3.8) is 0 Å². The molecular weight excluding hydrogens is 274 g/mol. The highest BCUT2D eigenvalue weighted by Crippen LogP contribution is 2.27. The van der Waals surface area contributed by atoms with Gasteiger partial charge in [0.2, 0.25) is 11.8 Å². The number of nitrogens with zero attached hydrogens (tertiary/aromatic N) is 3. The molecule has 21 heavy (non-hydrogen) atoms. The molecule has 0 saturated heterocycles. The van der Waals surface area contributed by atoms with E-state index in [1.807, 2.05) is 13.8 Å². The Bertz CT molecular complexity index is 505. The predicted molar refractivity (Wildman–Crippen MR) is 81.6 cm³/mol. The lowest BCUT2D eigenvalue weighted by Crippen LogP contribution is -2.33. The minimum Gasteiger partial charge on any atom is -0.388 e. The van der Waals surface area contributed by atoms with Crippen LogP contribution in [0.15, 0.2) is 0 Å². The van der Waals surface area contributed by atoms with E-state index in [0.717, 1.165) is 6.42 Å². The van der Waals surface area contributed by atoms with Crippen molar-refractivity contribution in [2.24, 2.45) is 0 Å². The van der Waals surface area contributed by atoms with E-state index in [2.05, 4.69) is 20.6 Å². The van der Waals surface area contributed by atoms with Crippen molar-refractivity contribution in [1.29, 1.82) is 0 Å². The van der Waals surface area contributed by atoms with E-state index in [0.29, 0.717) is 18.9 Å². The summed E-state index contributed by atoms with van der Waals surface area (Å²) in [5.74, 6) is 0.457. The molecule has 0 radical (unpaired) electrons. The lowest BCUT2D eigenvalue weighted by atomic mass is 10.0. The number of nitrogens with one attached hydrogen (secondary N) is 2. The van der Waals surface area contributed by atoms with Crippen LogP contribution >= 0.6 is 0 Å². The van der Waals surface area contributed by atoms with Gasteiger partial charge < -0.3 is 15.7 Å².